The summed E-state index contributed by atoms with van der Waals surface area (Å²) in [6.45, 7) is 9.21. The van der Waals surface area contributed by atoms with Gasteiger partial charge in [0.2, 0.25) is 0 Å². The summed E-state index contributed by atoms with van der Waals surface area (Å²) in [4.78, 5) is 0. The first-order valence-electron chi connectivity index (χ1n) is 11.3. The Hall–Kier alpha value is -0.0800. The number of unbranched alkanes of at least 4 members (excludes halogenated alkanes) is 2. The van der Waals surface area contributed by atoms with Crippen molar-refractivity contribution in [1.29, 1.82) is 0 Å². The molecule has 0 aromatic carbocycles. The molecule has 0 aromatic rings. The molecule has 8 unspecified atom stereocenters. The zero-order valence-electron chi connectivity index (χ0n) is 17.3. The fourth-order valence-electron chi connectivity index (χ4n) is 5.96. The Morgan fingerprint density at radius 2 is 1.00 bits per heavy atom. The molecule has 2 saturated carbocycles. The summed E-state index contributed by atoms with van der Waals surface area (Å²) < 4.78 is 0. The maximum absolute atomic E-state index is 11.0. The SMILES string of the molecule is CCCCC1CC(C)CC(CC2CC(C)CC(CCCC)C2O)C1O. The van der Waals surface area contributed by atoms with E-state index in [1.165, 1.54) is 51.4 Å². The summed E-state index contributed by atoms with van der Waals surface area (Å²) >= 11 is 0. The lowest BCUT2D eigenvalue weighted by molar-refractivity contribution is -0.0525. The monoisotopic (exact) mass is 352 g/mol. The van der Waals surface area contributed by atoms with Gasteiger partial charge in [0.15, 0.2) is 0 Å². The molecule has 25 heavy (non-hydrogen) atoms. The normalized spacial score (nSPS) is 42.5. The molecule has 8 atom stereocenters. The third-order valence-corrected chi connectivity index (χ3v) is 7.21. The van der Waals surface area contributed by atoms with Gasteiger partial charge >= 0.3 is 0 Å². The van der Waals surface area contributed by atoms with Crippen LogP contribution in [0.2, 0.25) is 0 Å². The highest BCUT2D eigenvalue weighted by molar-refractivity contribution is 4.91. The van der Waals surface area contributed by atoms with E-state index in [2.05, 4.69) is 27.7 Å². The first-order chi connectivity index (χ1) is 12.0. The molecule has 0 aromatic heterocycles. The summed E-state index contributed by atoms with van der Waals surface area (Å²) in [5, 5.41) is 22.0. The third kappa shape index (κ3) is 5.96. The van der Waals surface area contributed by atoms with Gasteiger partial charge in [-0.3, -0.25) is 0 Å². The van der Waals surface area contributed by atoms with Crippen molar-refractivity contribution >= 4 is 0 Å². The smallest absolute Gasteiger partial charge is 0.0596 e. The van der Waals surface area contributed by atoms with E-state index in [1.54, 1.807) is 0 Å². The van der Waals surface area contributed by atoms with Crippen LogP contribution in [-0.2, 0) is 0 Å². The second-order valence-corrected chi connectivity index (χ2v) is 9.69. The molecule has 0 heterocycles. The van der Waals surface area contributed by atoms with Gasteiger partial charge in [-0.1, -0.05) is 53.4 Å². The summed E-state index contributed by atoms with van der Waals surface area (Å²) in [6, 6.07) is 0. The van der Waals surface area contributed by atoms with E-state index in [0.717, 1.165) is 31.1 Å². The maximum Gasteiger partial charge on any atom is 0.0596 e. The fourth-order valence-corrected chi connectivity index (χ4v) is 5.96. The topological polar surface area (TPSA) is 40.5 Å². The minimum atomic E-state index is -0.138. The molecule has 2 heteroatoms. The van der Waals surface area contributed by atoms with Crippen molar-refractivity contribution in [3.8, 4) is 0 Å². The zero-order valence-corrected chi connectivity index (χ0v) is 17.3. The van der Waals surface area contributed by atoms with Gasteiger partial charge in [0.25, 0.3) is 0 Å². The van der Waals surface area contributed by atoms with Crippen LogP contribution in [0.3, 0.4) is 0 Å². The summed E-state index contributed by atoms with van der Waals surface area (Å²) in [6.07, 6.45) is 12.8. The van der Waals surface area contributed by atoms with Gasteiger partial charge in [-0.15, -0.1) is 0 Å². The Morgan fingerprint density at radius 1 is 0.640 bits per heavy atom. The predicted octanol–water partition coefficient (Wildman–Crippen LogP) is 5.80. The molecule has 2 aliphatic carbocycles. The first kappa shape index (κ1) is 21.2. The van der Waals surface area contributed by atoms with E-state index in [-0.39, 0.29) is 12.2 Å². The molecule has 2 fully saturated rings. The molecule has 2 nitrogen and oxygen atoms in total. The van der Waals surface area contributed by atoms with Gasteiger partial charge in [0.1, 0.15) is 0 Å². The van der Waals surface area contributed by atoms with Gasteiger partial charge in [0.05, 0.1) is 12.2 Å². The minimum absolute atomic E-state index is 0.138. The van der Waals surface area contributed by atoms with E-state index in [0.29, 0.717) is 23.7 Å². The number of rotatable bonds is 8. The average molecular weight is 353 g/mol. The fraction of sp³-hybridized carbons (Fsp3) is 1.00. The Balaban J connectivity index is 1.97. The Labute approximate surface area is 156 Å². The van der Waals surface area contributed by atoms with E-state index in [9.17, 15) is 10.2 Å². The van der Waals surface area contributed by atoms with E-state index in [1.807, 2.05) is 0 Å². The molecule has 2 rings (SSSR count). The highest BCUT2D eigenvalue weighted by Crippen LogP contribution is 2.44. The van der Waals surface area contributed by atoms with Crippen molar-refractivity contribution < 1.29 is 10.2 Å². The lowest BCUT2D eigenvalue weighted by atomic mass is 9.65. The third-order valence-electron chi connectivity index (χ3n) is 7.21. The Bertz CT molecular complexity index is 335. The van der Waals surface area contributed by atoms with Crippen LogP contribution in [0, 0.1) is 35.5 Å². The van der Waals surface area contributed by atoms with E-state index in [4.69, 9.17) is 0 Å². The molecular weight excluding hydrogens is 308 g/mol. The van der Waals surface area contributed by atoms with Crippen LogP contribution in [0.4, 0.5) is 0 Å². The van der Waals surface area contributed by atoms with Crippen LogP contribution in [-0.4, -0.2) is 22.4 Å². The van der Waals surface area contributed by atoms with Gasteiger partial charge in [0, 0.05) is 0 Å². The van der Waals surface area contributed by atoms with Crippen molar-refractivity contribution in [2.24, 2.45) is 35.5 Å². The molecular formula is C23H44O2. The summed E-state index contributed by atoms with van der Waals surface area (Å²) in [5.41, 5.74) is 0. The summed E-state index contributed by atoms with van der Waals surface area (Å²) in [7, 11) is 0. The molecule has 0 saturated heterocycles. The second kappa shape index (κ2) is 10.3. The summed E-state index contributed by atoms with van der Waals surface area (Å²) in [5.74, 6) is 3.24. The van der Waals surface area contributed by atoms with Crippen molar-refractivity contribution in [3.05, 3.63) is 0 Å². The van der Waals surface area contributed by atoms with Crippen LogP contribution in [0.15, 0.2) is 0 Å². The maximum atomic E-state index is 11.0. The predicted molar refractivity (Wildman–Crippen MR) is 106 cm³/mol. The van der Waals surface area contributed by atoms with E-state index < -0.39 is 0 Å². The van der Waals surface area contributed by atoms with Crippen molar-refractivity contribution in [3.63, 3.8) is 0 Å². The molecule has 2 N–H and O–H groups in total. The van der Waals surface area contributed by atoms with Crippen LogP contribution >= 0.6 is 0 Å². The average Bonchev–Trinajstić information content (AvgIpc) is 2.58. The highest BCUT2D eigenvalue weighted by Gasteiger charge is 2.40. The molecule has 0 aliphatic heterocycles. The first-order valence-corrected chi connectivity index (χ1v) is 11.3. The highest BCUT2D eigenvalue weighted by atomic mass is 16.3. The largest absolute Gasteiger partial charge is 0.393 e. The second-order valence-electron chi connectivity index (χ2n) is 9.69. The van der Waals surface area contributed by atoms with Gasteiger partial charge in [-0.05, 0) is 80.5 Å². The lowest BCUT2D eigenvalue weighted by Crippen LogP contribution is -2.42. The number of aliphatic hydroxyl groups is 2. The minimum Gasteiger partial charge on any atom is -0.393 e. The van der Waals surface area contributed by atoms with Crippen LogP contribution in [0.5, 0.6) is 0 Å². The molecule has 0 radical (unpaired) electrons. The Kier molecular flexibility index (Phi) is 8.75. The molecule has 0 amide bonds. The van der Waals surface area contributed by atoms with Crippen LogP contribution in [0.25, 0.3) is 0 Å². The van der Waals surface area contributed by atoms with Crippen LogP contribution in [0.1, 0.15) is 98.3 Å². The number of aliphatic hydroxyl groups excluding tert-OH is 2. The Morgan fingerprint density at radius 3 is 1.36 bits per heavy atom. The number of hydrogen-bond acceptors (Lipinski definition) is 2. The van der Waals surface area contributed by atoms with Gasteiger partial charge in [-0.25, -0.2) is 0 Å². The molecule has 0 spiro atoms. The van der Waals surface area contributed by atoms with Gasteiger partial charge < -0.3 is 10.2 Å². The van der Waals surface area contributed by atoms with Gasteiger partial charge in [-0.2, -0.15) is 0 Å². The molecule has 148 valence electrons. The molecule has 2 aliphatic rings. The number of hydrogen-bond donors (Lipinski definition) is 2. The van der Waals surface area contributed by atoms with Crippen molar-refractivity contribution in [1.82, 2.24) is 0 Å². The lowest BCUT2D eigenvalue weighted by Gasteiger charge is -2.44. The quantitative estimate of drug-likeness (QED) is 0.579. The zero-order chi connectivity index (χ0) is 18.4. The molecule has 0 bridgehead atoms. The van der Waals surface area contributed by atoms with Crippen LogP contribution < -0.4 is 0 Å². The van der Waals surface area contributed by atoms with E-state index >= 15 is 0 Å². The van der Waals surface area contributed by atoms with Crippen molar-refractivity contribution in [2.75, 3.05) is 0 Å². The standard InChI is InChI=1S/C23H44O2/c1-5-7-9-18-11-16(3)13-20(22(18)24)15-21-14-17(4)12-19(23(21)25)10-8-6-2/h16-25H,5-15H2,1-4H3. The van der Waals surface area contributed by atoms with Crippen molar-refractivity contribution in [2.45, 2.75) is 111 Å².